The van der Waals surface area contributed by atoms with Crippen molar-refractivity contribution in [1.29, 1.82) is 0 Å². The van der Waals surface area contributed by atoms with Crippen LogP contribution in [0.15, 0.2) is 48.5 Å². The van der Waals surface area contributed by atoms with Gasteiger partial charge in [-0.25, -0.2) is 0 Å². The van der Waals surface area contributed by atoms with Crippen LogP contribution in [-0.2, 0) is 6.54 Å². The fourth-order valence-electron chi connectivity index (χ4n) is 2.98. The molecule has 0 aromatic heterocycles. The smallest absolute Gasteiger partial charge is 0.119 e. The molecule has 0 aliphatic heterocycles. The predicted molar refractivity (Wildman–Crippen MR) is 101 cm³/mol. The summed E-state index contributed by atoms with van der Waals surface area (Å²) in [5.41, 5.74) is 1.19. The zero-order chi connectivity index (χ0) is 18.4. The van der Waals surface area contributed by atoms with Crippen molar-refractivity contribution in [2.75, 3.05) is 27.4 Å². The summed E-state index contributed by atoms with van der Waals surface area (Å²) in [6.45, 7) is 1.67. The van der Waals surface area contributed by atoms with Crippen LogP contribution >= 0.6 is 0 Å². The monoisotopic (exact) mass is 357 g/mol. The number of methoxy groups -OCH3 is 2. The number of hydrogen-bond donors (Lipinski definition) is 1. The summed E-state index contributed by atoms with van der Waals surface area (Å²) in [6.07, 6.45) is 1.84. The molecule has 0 radical (unpaired) electrons. The first kappa shape index (κ1) is 18.5. The van der Waals surface area contributed by atoms with Crippen LogP contribution in [0.5, 0.6) is 17.2 Å². The van der Waals surface area contributed by atoms with Crippen LogP contribution in [0.25, 0.3) is 0 Å². The quantitative estimate of drug-likeness (QED) is 0.708. The SMILES string of the molecule is COc1ccc(OCC(O)CN(Cc2cccc(OC)c2)C2CC2)cc1. The van der Waals surface area contributed by atoms with Crippen LogP contribution in [0.2, 0.25) is 0 Å². The third kappa shape index (κ3) is 5.38. The normalized spacial score (nSPS) is 14.9. The van der Waals surface area contributed by atoms with E-state index in [2.05, 4.69) is 17.0 Å². The van der Waals surface area contributed by atoms with Crippen molar-refractivity contribution >= 4 is 0 Å². The molecule has 0 bridgehead atoms. The molecule has 1 aliphatic carbocycles. The van der Waals surface area contributed by atoms with E-state index < -0.39 is 6.10 Å². The van der Waals surface area contributed by atoms with E-state index in [0.717, 1.165) is 23.8 Å². The highest BCUT2D eigenvalue weighted by molar-refractivity contribution is 5.31. The van der Waals surface area contributed by atoms with Crippen molar-refractivity contribution in [3.05, 3.63) is 54.1 Å². The Morgan fingerprint density at radius 1 is 1.00 bits per heavy atom. The van der Waals surface area contributed by atoms with Crippen molar-refractivity contribution in [3.63, 3.8) is 0 Å². The first-order valence-corrected chi connectivity index (χ1v) is 9.00. The van der Waals surface area contributed by atoms with E-state index in [9.17, 15) is 5.11 Å². The zero-order valence-electron chi connectivity index (χ0n) is 15.4. The highest BCUT2D eigenvalue weighted by Crippen LogP contribution is 2.29. The number of nitrogens with zero attached hydrogens (tertiary/aromatic N) is 1. The Hall–Kier alpha value is -2.24. The number of aliphatic hydroxyl groups excluding tert-OH is 1. The van der Waals surface area contributed by atoms with E-state index in [1.165, 1.54) is 18.4 Å². The summed E-state index contributed by atoms with van der Waals surface area (Å²) < 4.78 is 16.1. The number of ether oxygens (including phenoxy) is 3. The lowest BCUT2D eigenvalue weighted by atomic mass is 10.2. The van der Waals surface area contributed by atoms with Crippen LogP contribution < -0.4 is 14.2 Å². The van der Waals surface area contributed by atoms with Gasteiger partial charge in [0.15, 0.2) is 0 Å². The topological polar surface area (TPSA) is 51.2 Å². The van der Waals surface area contributed by atoms with Crippen molar-refractivity contribution in [3.8, 4) is 17.2 Å². The maximum absolute atomic E-state index is 10.4. The van der Waals surface area contributed by atoms with E-state index >= 15 is 0 Å². The van der Waals surface area contributed by atoms with Crippen molar-refractivity contribution < 1.29 is 19.3 Å². The lowest BCUT2D eigenvalue weighted by Crippen LogP contribution is -2.36. The van der Waals surface area contributed by atoms with Crippen LogP contribution in [0, 0.1) is 0 Å². The fraction of sp³-hybridized carbons (Fsp3) is 0.429. The minimum absolute atomic E-state index is 0.271. The predicted octanol–water partition coefficient (Wildman–Crippen LogP) is 3.11. The second-order valence-electron chi connectivity index (χ2n) is 6.65. The molecule has 1 N–H and O–H groups in total. The van der Waals surface area contributed by atoms with Gasteiger partial charge in [-0.3, -0.25) is 4.90 Å². The van der Waals surface area contributed by atoms with E-state index in [4.69, 9.17) is 14.2 Å². The van der Waals surface area contributed by atoms with E-state index in [0.29, 0.717) is 12.6 Å². The molecule has 26 heavy (non-hydrogen) atoms. The van der Waals surface area contributed by atoms with Gasteiger partial charge in [0.05, 0.1) is 14.2 Å². The number of aliphatic hydroxyl groups is 1. The summed E-state index contributed by atoms with van der Waals surface area (Å²) in [5.74, 6) is 2.38. The molecule has 5 nitrogen and oxygen atoms in total. The van der Waals surface area contributed by atoms with Gasteiger partial charge in [-0.15, -0.1) is 0 Å². The minimum atomic E-state index is -0.539. The summed E-state index contributed by atoms with van der Waals surface area (Å²) >= 11 is 0. The maximum atomic E-state index is 10.4. The molecule has 1 saturated carbocycles. The average molecular weight is 357 g/mol. The average Bonchev–Trinajstić information content (AvgIpc) is 3.52. The third-order valence-electron chi connectivity index (χ3n) is 4.53. The third-order valence-corrected chi connectivity index (χ3v) is 4.53. The summed E-state index contributed by atoms with van der Waals surface area (Å²) in [6, 6.07) is 16.0. The molecule has 1 aliphatic rings. The Kier molecular flexibility index (Phi) is 6.36. The molecule has 1 atom stereocenters. The second-order valence-corrected chi connectivity index (χ2v) is 6.65. The molecule has 0 saturated heterocycles. The van der Waals surface area contributed by atoms with E-state index in [-0.39, 0.29) is 6.61 Å². The largest absolute Gasteiger partial charge is 0.497 e. The molecule has 3 rings (SSSR count). The van der Waals surface area contributed by atoms with Gasteiger partial charge in [0, 0.05) is 19.1 Å². The number of hydrogen-bond acceptors (Lipinski definition) is 5. The van der Waals surface area contributed by atoms with Crippen LogP contribution in [0.1, 0.15) is 18.4 Å². The molecular formula is C21H27NO4. The Morgan fingerprint density at radius 2 is 1.69 bits per heavy atom. The molecule has 1 fully saturated rings. The standard InChI is InChI=1S/C21H27NO4/c1-24-19-8-10-20(11-9-19)26-15-18(23)14-22(17-6-7-17)13-16-4-3-5-21(12-16)25-2/h3-5,8-12,17-18,23H,6-7,13-15H2,1-2H3. The van der Waals surface area contributed by atoms with E-state index in [1.807, 2.05) is 36.4 Å². The molecule has 0 heterocycles. The van der Waals surface area contributed by atoms with Gasteiger partial charge in [0.1, 0.15) is 30.0 Å². The molecule has 1 unspecified atom stereocenters. The van der Waals surface area contributed by atoms with Crippen LogP contribution in [-0.4, -0.2) is 49.5 Å². The van der Waals surface area contributed by atoms with Crippen LogP contribution in [0.3, 0.4) is 0 Å². The van der Waals surface area contributed by atoms with Gasteiger partial charge in [-0.1, -0.05) is 12.1 Å². The number of rotatable bonds is 10. The first-order valence-electron chi connectivity index (χ1n) is 9.00. The molecule has 0 spiro atoms. The Labute approximate surface area is 155 Å². The molecule has 0 amide bonds. The van der Waals surface area contributed by atoms with Gasteiger partial charge < -0.3 is 19.3 Å². The highest BCUT2D eigenvalue weighted by Gasteiger charge is 2.30. The molecule has 2 aromatic carbocycles. The van der Waals surface area contributed by atoms with Crippen molar-refractivity contribution in [2.45, 2.75) is 31.5 Å². The van der Waals surface area contributed by atoms with Crippen molar-refractivity contribution in [2.24, 2.45) is 0 Å². The Balaban J connectivity index is 1.52. The fourth-order valence-corrected chi connectivity index (χ4v) is 2.98. The molecule has 5 heteroatoms. The van der Waals surface area contributed by atoms with Gasteiger partial charge in [0.25, 0.3) is 0 Å². The lowest BCUT2D eigenvalue weighted by molar-refractivity contribution is 0.0626. The van der Waals surface area contributed by atoms with Crippen LogP contribution in [0.4, 0.5) is 0 Å². The van der Waals surface area contributed by atoms with Crippen molar-refractivity contribution in [1.82, 2.24) is 4.90 Å². The summed E-state index contributed by atoms with van der Waals surface area (Å²) in [5, 5.41) is 10.4. The van der Waals surface area contributed by atoms with Gasteiger partial charge in [-0.2, -0.15) is 0 Å². The maximum Gasteiger partial charge on any atom is 0.119 e. The molecule has 2 aromatic rings. The number of benzene rings is 2. The molecular weight excluding hydrogens is 330 g/mol. The van der Waals surface area contributed by atoms with Gasteiger partial charge in [-0.05, 0) is 54.8 Å². The lowest BCUT2D eigenvalue weighted by Gasteiger charge is -2.25. The first-order chi connectivity index (χ1) is 12.7. The highest BCUT2D eigenvalue weighted by atomic mass is 16.5. The van der Waals surface area contributed by atoms with E-state index in [1.54, 1.807) is 14.2 Å². The summed E-state index contributed by atoms with van der Waals surface area (Å²) in [4.78, 5) is 2.33. The van der Waals surface area contributed by atoms with Gasteiger partial charge >= 0.3 is 0 Å². The second kappa shape index (κ2) is 8.92. The zero-order valence-corrected chi connectivity index (χ0v) is 15.4. The minimum Gasteiger partial charge on any atom is -0.497 e. The Morgan fingerprint density at radius 3 is 2.35 bits per heavy atom. The molecule has 140 valence electrons. The Bertz CT molecular complexity index is 685. The van der Waals surface area contributed by atoms with Gasteiger partial charge in [0.2, 0.25) is 0 Å². The summed E-state index contributed by atoms with van der Waals surface area (Å²) in [7, 11) is 3.31.